The normalized spacial score (nSPS) is 28.2. The third-order valence-corrected chi connectivity index (χ3v) is 7.11. The van der Waals surface area contributed by atoms with Gasteiger partial charge in [-0.15, -0.1) is 0 Å². The first kappa shape index (κ1) is 26.5. The highest BCUT2D eigenvalue weighted by molar-refractivity contribution is 6.00. The summed E-state index contributed by atoms with van der Waals surface area (Å²) in [5, 5.41) is 0. The minimum absolute atomic E-state index is 0.183. The van der Waals surface area contributed by atoms with Gasteiger partial charge in [0.1, 0.15) is 12.4 Å². The zero-order chi connectivity index (χ0) is 24.6. The Bertz CT molecular complexity index is 864. The van der Waals surface area contributed by atoms with Crippen LogP contribution in [0.5, 0.6) is 0 Å². The summed E-state index contributed by atoms with van der Waals surface area (Å²) < 4.78 is 10.7. The third-order valence-electron chi connectivity index (χ3n) is 7.11. The van der Waals surface area contributed by atoms with Gasteiger partial charge in [0.15, 0.2) is 5.78 Å². The van der Waals surface area contributed by atoms with Crippen LogP contribution in [-0.4, -0.2) is 37.2 Å². The van der Waals surface area contributed by atoms with Gasteiger partial charge >= 0.3 is 11.9 Å². The van der Waals surface area contributed by atoms with E-state index >= 15 is 0 Å². The molecule has 0 amide bonds. The van der Waals surface area contributed by atoms with Crippen LogP contribution in [0.4, 0.5) is 0 Å². The minimum Gasteiger partial charge on any atom is -0.469 e. The SMILES string of the molecule is C=C(C=O)[C@@H]1C[C@@]2(C)C(=CC1=O)[C@H](OC(=O)/C=C/C=C\CCC(C)CC)CC[C@@H]2C(=O)OC. The first-order valence-electron chi connectivity index (χ1n) is 11.7. The Morgan fingerprint density at radius 1 is 1.30 bits per heavy atom. The Morgan fingerprint density at radius 2 is 2.03 bits per heavy atom. The standard InChI is InChI=1S/C27H36O6/c1-6-18(2)11-9-7-8-10-12-25(30)33-24-14-13-21(26(31)32-5)27(4)16-20(19(3)17-28)23(29)15-22(24)27/h7-8,10,12,15,17-18,20-21,24H,3,6,9,11,13-14,16H2,1-2,4-5H3/b8-7-,12-10+/t18?,20-,21+,24+,27+/m0/s1. The highest BCUT2D eigenvalue weighted by atomic mass is 16.5. The molecule has 6 heteroatoms. The number of esters is 2. The second-order valence-electron chi connectivity index (χ2n) is 9.33. The van der Waals surface area contributed by atoms with Crippen molar-refractivity contribution in [2.75, 3.05) is 7.11 Å². The van der Waals surface area contributed by atoms with Gasteiger partial charge in [0.2, 0.25) is 0 Å². The Kier molecular flexibility index (Phi) is 9.56. The number of hydrogen-bond acceptors (Lipinski definition) is 6. The molecule has 0 aliphatic heterocycles. The molecule has 0 aromatic carbocycles. The highest BCUT2D eigenvalue weighted by Gasteiger charge is 2.53. The topological polar surface area (TPSA) is 86.7 Å². The molecule has 0 saturated heterocycles. The summed E-state index contributed by atoms with van der Waals surface area (Å²) in [4.78, 5) is 49.0. The van der Waals surface area contributed by atoms with Crippen LogP contribution < -0.4 is 0 Å². The van der Waals surface area contributed by atoms with Gasteiger partial charge in [0, 0.05) is 11.5 Å². The quantitative estimate of drug-likeness (QED) is 0.205. The molecule has 0 aromatic heterocycles. The van der Waals surface area contributed by atoms with Gasteiger partial charge in [-0.3, -0.25) is 14.4 Å². The average Bonchev–Trinajstić information content (AvgIpc) is 2.80. The van der Waals surface area contributed by atoms with Crippen LogP contribution in [-0.2, 0) is 28.7 Å². The Hall–Kier alpha value is -2.76. The van der Waals surface area contributed by atoms with E-state index in [2.05, 4.69) is 20.4 Å². The summed E-state index contributed by atoms with van der Waals surface area (Å²) in [6.45, 7) is 9.96. The fourth-order valence-corrected chi connectivity index (χ4v) is 4.77. The molecule has 1 saturated carbocycles. The lowest BCUT2D eigenvalue weighted by atomic mass is 9.56. The maximum absolute atomic E-state index is 12.7. The molecule has 0 heterocycles. The summed E-state index contributed by atoms with van der Waals surface area (Å²) in [7, 11) is 1.33. The van der Waals surface area contributed by atoms with Crippen LogP contribution in [0.1, 0.15) is 59.3 Å². The van der Waals surface area contributed by atoms with Crippen molar-refractivity contribution < 1.29 is 28.7 Å². The van der Waals surface area contributed by atoms with Crippen molar-refractivity contribution in [3.05, 3.63) is 48.1 Å². The molecule has 5 atom stereocenters. The Morgan fingerprint density at radius 3 is 2.67 bits per heavy atom. The van der Waals surface area contributed by atoms with E-state index in [1.54, 1.807) is 6.08 Å². The first-order chi connectivity index (χ1) is 15.7. The first-order valence-corrected chi connectivity index (χ1v) is 11.7. The fourth-order valence-electron chi connectivity index (χ4n) is 4.77. The number of aldehydes is 1. The lowest BCUT2D eigenvalue weighted by Gasteiger charge is -2.48. The molecule has 1 fully saturated rings. The van der Waals surface area contributed by atoms with E-state index in [1.165, 1.54) is 19.3 Å². The van der Waals surface area contributed by atoms with Crippen molar-refractivity contribution in [1.82, 2.24) is 0 Å². The van der Waals surface area contributed by atoms with Crippen molar-refractivity contribution >= 4 is 24.0 Å². The lowest BCUT2D eigenvalue weighted by Crippen LogP contribution is -2.49. The van der Waals surface area contributed by atoms with Crippen molar-refractivity contribution in [2.24, 2.45) is 23.2 Å². The minimum atomic E-state index is -0.777. The molecule has 1 unspecified atom stereocenters. The number of carbonyl (C=O) groups is 4. The molecule has 0 radical (unpaired) electrons. The molecular weight excluding hydrogens is 420 g/mol. The van der Waals surface area contributed by atoms with Gasteiger partial charge in [-0.1, -0.05) is 52.0 Å². The van der Waals surface area contributed by atoms with Crippen LogP contribution in [0.3, 0.4) is 0 Å². The summed E-state index contributed by atoms with van der Waals surface area (Å²) in [6.07, 6.45) is 12.6. The van der Waals surface area contributed by atoms with Crippen LogP contribution in [0.25, 0.3) is 0 Å². The number of allylic oxidation sites excluding steroid dienone is 5. The predicted molar refractivity (Wildman–Crippen MR) is 126 cm³/mol. The molecule has 0 aromatic rings. The highest BCUT2D eigenvalue weighted by Crippen LogP contribution is 2.53. The second kappa shape index (κ2) is 11.9. The smallest absolute Gasteiger partial charge is 0.331 e. The van der Waals surface area contributed by atoms with Gasteiger partial charge in [-0.05, 0) is 55.2 Å². The van der Waals surface area contributed by atoms with Gasteiger partial charge in [-0.2, -0.15) is 0 Å². The van der Waals surface area contributed by atoms with E-state index in [1.807, 2.05) is 19.1 Å². The third kappa shape index (κ3) is 6.40. The summed E-state index contributed by atoms with van der Waals surface area (Å²) in [5.74, 6) is -1.65. The summed E-state index contributed by atoms with van der Waals surface area (Å²) in [6, 6.07) is 0. The van der Waals surface area contributed by atoms with Crippen molar-refractivity contribution in [1.29, 1.82) is 0 Å². The predicted octanol–water partition coefficient (Wildman–Crippen LogP) is 4.70. The van der Waals surface area contributed by atoms with E-state index < -0.39 is 29.3 Å². The number of carbonyl (C=O) groups excluding carboxylic acids is 4. The molecule has 6 nitrogen and oxygen atoms in total. The van der Waals surface area contributed by atoms with Crippen molar-refractivity contribution in [2.45, 2.75) is 65.4 Å². The van der Waals surface area contributed by atoms with Crippen LogP contribution in [0.15, 0.2) is 48.1 Å². The van der Waals surface area contributed by atoms with Gasteiger partial charge in [0.05, 0.1) is 18.9 Å². The van der Waals surface area contributed by atoms with Gasteiger partial charge in [-0.25, -0.2) is 4.79 Å². The maximum Gasteiger partial charge on any atom is 0.331 e. The largest absolute Gasteiger partial charge is 0.469 e. The van der Waals surface area contributed by atoms with Crippen LogP contribution in [0, 0.1) is 23.2 Å². The Balaban J connectivity index is 2.16. The lowest BCUT2D eigenvalue weighted by molar-refractivity contribution is -0.155. The van der Waals surface area contributed by atoms with Crippen molar-refractivity contribution in [3.8, 4) is 0 Å². The number of rotatable bonds is 10. The zero-order valence-corrected chi connectivity index (χ0v) is 20.2. The summed E-state index contributed by atoms with van der Waals surface area (Å²) in [5.41, 5.74) is 0.0117. The molecule has 33 heavy (non-hydrogen) atoms. The van der Waals surface area contributed by atoms with E-state index in [0.29, 0.717) is 30.6 Å². The van der Waals surface area contributed by atoms with Crippen LogP contribution >= 0.6 is 0 Å². The second-order valence-corrected chi connectivity index (χ2v) is 9.33. The average molecular weight is 457 g/mol. The molecule has 2 aliphatic carbocycles. The molecule has 0 bridgehead atoms. The van der Waals surface area contributed by atoms with Crippen molar-refractivity contribution in [3.63, 3.8) is 0 Å². The summed E-state index contributed by atoms with van der Waals surface area (Å²) >= 11 is 0. The van der Waals surface area contributed by atoms with E-state index in [0.717, 1.165) is 19.3 Å². The zero-order valence-electron chi connectivity index (χ0n) is 20.2. The molecule has 180 valence electrons. The van der Waals surface area contributed by atoms with Gasteiger partial charge < -0.3 is 9.47 Å². The number of fused-ring (bicyclic) bond motifs is 1. The number of ether oxygens (including phenoxy) is 2. The fraction of sp³-hybridized carbons (Fsp3) is 0.556. The Labute approximate surface area is 196 Å². The van der Waals surface area contributed by atoms with Gasteiger partial charge in [0.25, 0.3) is 0 Å². The molecule has 0 spiro atoms. The van der Waals surface area contributed by atoms with E-state index in [-0.39, 0.29) is 23.7 Å². The van der Waals surface area contributed by atoms with Crippen LogP contribution in [0.2, 0.25) is 0 Å². The maximum atomic E-state index is 12.7. The number of hydrogen-bond donors (Lipinski definition) is 0. The molecule has 2 rings (SSSR count). The number of methoxy groups -OCH3 is 1. The van der Waals surface area contributed by atoms with E-state index in [4.69, 9.17) is 9.47 Å². The molecular formula is C27H36O6. The molecule has 2 aliphatic rings. The monoisotopic (exact) mass is 456 g/mol. The molecule has 0 N–H and O–H groups in total. The number of ketones is 1. The van der Waals surface area contributed by atoms with E-state index in [9.17, 15) is 19.2 Å².